The first-order valence-corrected chi connectivity index (χ1v) is 9.90. The van der Waals surface area contributed by atoms with Crippen molar-refractivity contribution in [3.63, 3.8) is 0 Å². The minimum absolute atomic E-state index is 0.0997. The molecule has 1 aromatic heterocycles. The van der Waals surface area contributed by atoms with E-state index in [1.54, 1.807) is 6.26 Å². The third kappa shape index (κ3) is 3.61. The Morgan fingerprint density at radius 3 is 2.59 bits per heavy atom. The number of hydrogen-bond acceptors (Lipinski definition) is 3. The quantitative estimate of drug-likeness (QED) is 0.467. The zero-order valence-electron chi connectivity index (χ0n) is 16.0. The molecule has 4 nitrogen and oxygen atoms in total. The average Bonchev–Trinajstić information content (AvgIpc) is 3.35. The van der Waals surface area contributed by atoms with Gasteiger partial charge >= 0.3 is 0 Å². The fourth-order valence-corrected chi connectivity index (χ4v) is 3.93. The van der Waals surface area contributed by atoms with Crippen LogP contribution < -0.4 is 10.1 Å². The van der Waals surface area contributed by atoms with E-state index in [1.807, 2.05) is 54.6 Å². The molecule has 0 saturated heterocycles. The fraction of sp³-hybridized carbons (Fsp3) is 0.160. The lowest BCUT2D eigenvalue weighted by atomic mass is 10.0. The van der Waals surface area contributed by atoms with Crippen molar-refractivity contribution < 1.29 is 13.9 Å². The molecular formula is C25H21NO3. The largest absolute Gasteiger partial charge is 0.464 e. The van der Waals surface area contributed by atoms with E-state index in [1.165, 1.54) is 17.5 Å². The summed E-state index contributed by atoms with van der Waals surface area (Å²) in [6, 6.07) is 21.3. The summed E-state index contributed by atoms with van der Waals surface area (Å²) in [6.07, 6.45) is 5.36. The van der Waals surface area contributed by atoms with E-state index in [-0.39, 0.29) is 12.3 Å². The molecule has 0 radical (unpaired) electrons. The van der Waals surface area contributed by atoms with Gasteiger partial charge in [0.25, 0.3) is 0 Å². The van der Waals surface area contributed by atoms with Crippen LogP contribution in [0.2, 0.25) is 0 Å². The lowest BCUT2D eigenvalue weighted by Crippen LogP contribution is -2.14. The zero-order valence-corrected chi connectivity index (χ0v) is 16.0. The van der Waals surface area contributed by atoms with Gasteiger partial charge in [-0.2, -0.15) is 0 Å². The topological polar surface area (TPSA) is 51.5 Å². The highest BCUT2D eigenvalue weighted by Gasteiger charge is 2.17. The number of carbonyl (C=O) groups is 1. The first kappa shape index (κ1) is 17.6. The number of para-hydroxylation sites is 3. The van der Waals surface area contributed by atoms with Crippen molar-refractivity contribution in [2.75, 3.05) is 5.32 Å². The highest BCUT2D eigenvalue weighted by molar-refractivity contribution is 5.96. The number of fused-ring (bicyclic) bond motifs is 2. The molecule has 0 saturated carbocycles. The highest BCUT2D eigenvalue weighted by atomic mass is 16.5. The van der Waals surface area contributed by atoms with Crippen molar-refractivity contribution in [1.82, 2.24) is 0 Å². The zero-order chi connectivity index (χ0) is 19.6. The number of anilines is 1. The van der Waals surface area contributed by atoms with Gasteiger partial charge < -0.3 is 14.5 Å². The predicted octanol–water partition coefficient (Wildman–Crippen LogP) is 5.90. The van der Waals surface area contributed by atoms with Crippen molar-refractivity contribution in [1.29, 1.82) is 0 Å². The van der Waals surface area contributed by atoms with Crippen LogP contribution >= 0.6 is 0 Å². The maximum absolute atomic E-state index is 12.8. The van der Waals surface area contributed by atoms with Crippen LogP contribution in [-0.2, 0) is 24.1 Å². The van der Waals surface area contributed by atoms with Crippen LogP contribution in [0.25, 0.3) is 11.0 Å². The molecule has 3 aromatic carbocycles. The van der Waals surface area contributed by atoms with E-state index >= 15 is 0 Å². The number of hydrogen-bond donors (Lipinski definition) is 1. The second-order valence-electron chi connectivity index (χ2n) is 7.37. The molecular weight excluding hydrogens is 362 g/mol. The molecule has 4 aromatic rings. The Balaban J connectivity index is 1.35. The monoisotopic (exact) mass is 383 g/mol. The van der Waals surface area contributed by atoms with Crippen LogP contribution in [0.5, 0.6) is 11.5 Å². The summed E-state index contributed by atoms with van der Waals surface area (Å²) in [5, 5.41) is 4.02. The van der Waals surface area contributed by atoms with E-state index in [2.05, 4.69) is 17.4 Å². The molecule has 1 heterocycles. The Bertz CT molecular complexity index is 1180. The number of furan rings is 1. The molecule has 1 N–H and O–H groups in total. The molecule has 0 unspecified atom stereocenters. The molecule has 5 rings (SSSR count). The molecule has 1 amide bonds. The van der Waals surface area contributed by atoms with Gasteiger partial charge in [-0.3, -0.25) is 4.79 Å². The molecule has 0 spiro atoms. The molecule has 0 fully saturated rings. The van der Waals surface area contributed by atoms with Crippen molar-refractivity contribution in [3.05, 3.63) is 89.7 Å². The van der Waals surface area contributed by atoms with Crippen LogP contribution in [0.1, 0.15) is 23.1 Å². The van der Waals surface area contributed by atoms with Gasteiger partial charge in [0.05, 0.1) is 18.4 Å². The standard InChI is InChI=1S/C25H21NO3/c27-25(15-19-16-28-24-14-18-8-6-7-17(18)13-21(19)24)26-22-11-4-5-12-23(22)29-20-9-2-1-3-10-20/h1-5,9-14,16H,6-8,15H2,(H,26,27). The second-order valence-corrected chi connectivity index (χ2v) is 7.37. The van der Waals surface area contributed by atoms with E-state index < -0.39 is 0 Å². The summed E-state index contributed by atoms with van der Waals surface area (Å²) >= 11 is 0. The minimum Gasteiger partial charge on any atom is -0.464 e. The number of carbonyl (C=O) groups excluding carboxylic acids is 1. The normalized spacial score (nSPS) is 12.7. The average molecular weight is 383 g/mol. The van der Waals surface area contributed by atoms with Gasteiger partial charge in [-0.25, -0.2) is 0 Å². The van der Waals surface area contributed by atoms with Crippen LogP contribution in [0.4, 0.5) is 5.69 Å². The molecule has 144 valence electrons. The summed E-state index contributed by atoms with van der Waals surface area (Å²) in [4.78, 5) is 12.8. The third-order valence-corrected chi connectivity index (χ3v) is 5.35. The first-order chi connectivity index (χ1) is 14.3. The van der Waals surface area contributed by atoms with E-state index in [0.29, 0.717) is 11.4 Å². The summed E-state index contributed by atoms with van der Waals surface area (Å²) in [6.45, 7) is 0. The summed E-state index contributed by atoms with van der Waals surface area (Å²) in [5.74, 6) is 1.24. The first-order valence-electron chi connectivity index (χ1n) is 9.90. The number of aryl methyl sites for hydroxylation is 2. The number of nitrogens with one attached hydrogen (secondary N) is 1. The fourth-order valence-electron chi connectivity index (χ4n) is 3.93. The SMILES string of the molecule is O=C(Cc1coc2cc3c(cc12)CCC3)Nc1ccccc1Oc1ccccc1. The molecule has 0 atom stereocenters. The van der Waals surface area contributed by atoms with Crippen LogP contribution in [0, 0.1) is 0 Å². The van der Waals surface area contributed by atoms with Gasteiger partial charge in [-0.15, -0.1) is 0 Å². The summed E-state index contributed by atoms with van der Waals surface area (Å²) < 4.78 is 11.7. The Morgan fingerprint density at radius 1 is 0.966 bits per heavy atom. The number of ether oxygens (including phenoxy) is 1. The summed E-state index contributed by atoms with van der Waals surface area (Å²) in [7, 11) is 0. The third-order valence-electron chi connectivity index (χ3n) is 5.35. The smallest absolute Gasteiger partial charge is 0.229 e. The van der Waals surface area contributed by atoms with Crippen molar-refractivity contribution >= 4 is 22.6 Å². The maximum atomic E-state index is 12.8. The molecule has 4 heteroatoms. The molecule has 0 aliphatic heterocycles. The van der Waals surface area contributed by atoms with E-state index in [0.717, 1.165) is 35.1 Å². The Morgan fingerprint density at radius 2 is 1.72 bits per heavy atom. The lowest BCUT2D eigenvalue weighted by Gasteiger charge is -2.12. The van der Waals surface area contributed by atoms with E-state index in [4.69, 9.17) is 9.15 Å². The molecule has 29 heavy (non-hydrogen) atoms. The summed E-state index contributed by atoms with van der Waals surface area (Å²) in [5.41, 5.74) is 5.17. The van der Waals surface area contributed by atoms with Crippen LogP contribution in [0.3, 0.4) is 0 Å². The Kier molecular flexibility index (Phi) is 4.53. The maximum Gasteiger partial charge on any atom is 0.229 e. The minimum atomic E-state index is -0.0997. The predicted molar refractivity (Wildman–Crippen MR) is 114 cm³/mol. The van der Waals surface area contributed by atoms with Crippen LogP contribution in [-0.4, -0.2) is 5.91 Å². The van der Waals surface area contributed by atoms with Crippen molar-refractivity contribution in [2.45, 2.75) is 25.7 Å². The van der Waals surface area contributed by atoms with Crippen LogP contribution in [0.15, 0.2) is 77.4 Å². The molecule has 1 aliphatic rings. The highest BCUT2D eigenvalue weighted by Crippen LogP contribution is 2.32. The number of rotatable bonds is 5. The molecule has 1 aliphatic carbocycles. The van der Waals surface area contributed by atoms with Gasteiger partial charge in [0.15, 0.2) is 5.75 Å². The van der Waals surface area contributed by atoms with Crippen molar-refractivity contribution in [3.8, 4) is 11.5 Å². The van der Waals surface area contributed by atoms with E-state index in [9.17, 15) is 4.79 Å². The number of benzene rings is 3. The number of amides is 1. The van der Waals surface area contributed by atoms with Gasteiger partial charge in [0.1, 0.15) is 11.3 Å². The Labute approximate surface area is 169 Å². The van der Waals surface area contributed by atoms with Gasteiger partial charge in [0.2, 0.25) is 5.91 Å². The van der Waals surface area contributed by atoms with Crippen molar-refractivity contribution in [2.24, 2.45) is 0 Å². The second kappa shape index (κ2) is 7.47. The lowest BCUT2D eigenvalue weighted by molar-refractivity contribution is -0.115. The van der Waals surface area contributed by atoms with Gasteiger partial charge in [-0.05, 0) is 66.8 Å². The van der Waals surface area contributed by atoms with Gasteiger partial charge in [-0.1, -0.05) is 30.3 Å². The molecule has 0 bridgehead atoms. The van der Waals surface area contributed by atoms with Gasteiger partial charge in [0, 0.05) is 10.9 Å². The Hall–Kier alpha value is -3.53.